The molecule has 9 heteroatoms. The van der Waals surface area contributed by atoms with Gasteiger partial charge in [-0.15, -0.1) is 0 Å². The maximum absolute atomic E-state index is 14.3. The quantitative estimate of drug-likeness (QED) is 0.314. The third-order valence-corrected chi connectivity index (χ3v) is 5.35. The number of carbonyl (C=O) groups is 1. The first kappa shape index (κ1) is 24.7. The lowest BCUT2D eigenvalue weighted by Gasteiger charge is -2.14. The van der Waals surface area contributed by atoms with Crippen LogP contribution in [0.5, 0.6) is 11.5 Å². The average molecular weight is 519 g/mol. The number of nitrogens with one attached hydrogen (secondary N) is 2. The summed E-state index contributed by atoms with van der Waals surface area (Å²) in [7, 11) is 1.56. The van der Waals surface area contributed by atoms with Crippen molar-refractivity contribution in [3.8, 4) is 11.5 Å². The van der Waals surface area contributed by atoms with E-state index >= 15 is 0 Å². The lowest BCUT2D eigenvalue weighted by molar-refractivity contribution is -0.121. The van der Waals surface area contributed by atoms with Crippen molar-refractivity contribution in [1.82, 2.24) is 15.3 Å². The summed E-state index contributed by atoms with van der Waals surface area (Å²) in [5.41, 5.74) is 0.950. The molecule has 2 N–H and O–H groups in total. The topological polar surface area (TPSA) is 85.4 Å². The highest BCUT2D eigenvalue weighted by molar-refractivity contribution is 9.10. The number of fused-ring (bicyclic) bond motifs is 1. The predicted molar refractivity (Wildman–Crippen MR) is 131 cm³/mol. The van der Waals surface area contributed by atoms with E-state index in [4.69, 9.17) is 9.47 Å². The van der Waals surface area contributed by atoms with Crippen molar-refractivity contribution in [3.05, 3.63) is 46.9 Å². The molecule has 0 fully saturated rings. The summed E-state index contributed by atoms with van der Waals surface area (Å²) in [4.78, 5) is 20.3. The highest BCUT2D eigenvalue weighted by Gasteiger charge is 2.13. The van der Waals surface area contributed by atoms with Crippen LogP contribution in [0.25, 0.3) is 10.9 Å². The van der Waals surface area contributed by atoms with Crippen LogP contribution in [0.15, 0.2) is 41.1 Å². The molecular formula is C24H28BrFN4O3. The number of hydrogen-bond donors (Lipinski definition) is 2. The van der Waals surface area contributed by atoms with Crippen molar-refractivity contribution in [2.75, 3.05) is 19.0 Å². The standard InChI is InChI=1S/C24H28BrFN4O3/c1-15(2)29-23(31)7-5-4-6-10-33-22-13-20-17(12-21(22)32-3)24(28-14-27-20)30-19-9-8-16(25)11-18(19)26/h8-9,11-15H,4-7,10H2,1-3H3,(H,29,31)(H,27,28,30). The second kappa shape index (κ2) is 11.8. The summed E-state index contributed by atoms with van der Waals surface area (Å²) in [6.07, 6.45) is 4.45. The van der Waals surface area contributed by atoms with E-state index in [1.54, 1.807) is 31.4 Å². The summed E-state index contributed by atoms with van der Waals surface area (Å²) >= 11 is 3.26. The van der Waals surface area contributed by atoms with Crippen LogP contribution in [-0.4, -0.2) is 35.6 Å². The molecule has 3 aromatic rings. The molecule has 0 saturated heterocycles. The molecule has 7 nitrogen and oxygen atoms in total. The Morgan fingerprint density at radius 2 is 1.94 bits per heavy atom. The Morgan fingerprint density at radius 1 is 1.12 bits per heavy atom. The van der Waals surface area contributed by atoms with E-state index in [0.717, 1.165) is 19.3 Å². The lowest BCUT2D eigenvalue weighted by Crippen LogP contribution is -2.29. The molecule has 1 amide bonds. The van der Waals surface area contributed by atoms with Gasteiger partial charge in [0.2, 0.25) is 5.91 Å². The van der Waals surface area contributed by atoms with Gasteiger partial charge in [-0.3, -0.25) is 4.79 Å². The van der Waals surface area contributed by atoms with Crippen LogP contribution in [0.3, 0.4) is 0 Å². The number of unbranched alkanes of at least 4 members (excludes halogenated alkanes) is 2. The molecule has 0 aliphatic carbocycles. The number of ether oxygens (including phenoxy) is 2. The van der Waals surface area contributed by atoms with Gasteiger partial charge < -0.3 is 20.1 Å². The Hall–Kier alpha value is -2.94. The minimum Gasteiger partial charge on any atom is -0.493 e. The van der Waals surface area contributed by atoms with E-state index in [1.165, 1.54) is 12.4 Å². The number of methoxy groups -OCH3 is 1. The van der Waals surface area contributed by atoms with Crippen molar-refractivity contribution in [2.24, 2.45) is 0 Å². The summed E-state index contributed by atoms with van der Waals surface area (Å²) in [6, 6.07) is 8.49. The first-order valence-electron chi connectivity index (χ1n) is 10.8. The number of anilines is 2. The van der Waals surface area contributed by atoms with Crippen LogP contribution >= 0.6 is 15.9 Å². The summed E-state index contributed by atoms with van der Waals surface area (Å²) in [5.74, 6) is 1.25. The van der Waals surface area contributed by atoms with Crippen molar-refractivity contribution < 1.29 is 18.7 Å². The van der Waals surface area contributed by atoms with Gasteiger partial charge in [0.15, 0.2) is 11.5 Å². The van der Waals surface area contributed by atoms with Gasteiger partial charge in [0.1, 0.15) is 18.0 Å². The van der Waals surface area contributed by atoms with Crippen LogP contribution in [0.4, 0.5) is 15.9 Å². The zero-order valence-electron chi connectivity index (χ0n) is 19.0. The Bertz CT molecular complexity index is 1110. The number of rotatable bonds is 11. The fourth-order valence-corrected chi connectivity index (χ4v) is 3.63. The second-order valence-electron chi connectivity index (χ2n) is 7.87. The van der Waals surface area contributed by atoms with Gasteiger partial charge in [-0.05, 0) is 57.4 Å². The largest absolute Gasteiger partial charge is 0.493 e. The third kappa shape index (κ3) is 7.02. The van der Waals surface area contributed by atoms with Crippen LogP contribution < -0.4 is 20.1 Å². The van der Waals surface area contributed by atoms with Crippen LogP contribution in [0.2, 0.25) is 0 Å². The van der Waals surface area contributed by atoms with Gasteiger partial charge in [-0.25, -0.2) is 14.4 Å². The van der Waals surface area contributed by atoms with Crippen molar-refractivity contribution in [3.63, 3.8) is 0 Å². The number of benzene rings is 2. The minimum atomic E-state index is -0.398. The molecule has 1 heterocycles. The Kier molecular flexibility index (Phi) is 8.82. The Labute approximate surface area is 201 Å². The number of nitrogens with zero attached hydrogens (tertiary/aromatic N) is 2. The molecule has 0 unspecified atom stereocenters. The fourth-order valence-electron chi connectivity index (χ4n) is 3.30. The smallest absolute Gasteiger partial charge is 0.220 e. The molecule has 0 aliphatic rings. The SMILES string of the molecule is COc1cc2c(Nc3ccc(Br)cc3F)ncnc2cc1OCCCCCC(=O)NC(C)C. The van der Waals surface area contributed by atoms with Gasteiger partial charge >= 0.3 is 0 Å². The van der Waals surface area contributed by atoms with Crippen LogP contribution in [0, 0.1) is 5.82 Å². The highest BCUT2D eigenvalue weighted by atomic mass is 79.9. The summed E-state index contributed by atoms with van der Waals surface area (Å²) in [5, 5.41) is 6.60. The molecule has 33 heavy (non-hydrogen) atoms. The monoisotopic (exact) mass is 518 g/mol. The molecule has 176 valence electrons. The zero-order valence-corrected chi connectivity index (χ0v) is 20.5. The number of carbonyl (C=O) groups excluding carboxylic acids is 1. The van der Waals surface area contributed by atoms with Gasteiger partial charge in [-0.2, -0.15) is 0 Å². The van der Waals surface area contributed by atoms with Gasteiger partial charge in [0.25, 0.3) is 0 Å². The minimum absolute atomic E-state index is 0.0780. The third-order valence-electron chi connectivity index (χ3n) is 4.86. The van der Waals surface area contributed by atoms with Gasteiger partial charge in [0.05, 0.1) is 24.9 Å². The molecule has 3 rings (SSSR count). The van der Waals surface area contributed by atoms with Crippen molar-refractivity contribution in [2.45, 2.75) is 45.6 Å². The molecule has 2 aromatic carbocycles. The van der Waals surface area contributed by atoms with Crippen LogP contribution in [-0.2, 0) is 4.79 Å². The van der Waals surface area contributed by atoms with Gasteiger partial charge in [0, 0.05) is 28.4 Å². The fraction of sp³-hybridized carbons (Fsp3) is 0.375. The molecule has 0 saturated carbocycles. The molecule has 0 bridgehead atoms. The molecule has 0 atom stereocenters. The number of halogens is 2. The first-order valence-corrected chi connectivity index (χ1v) is 11.6. The second-order valence-corrected chi connectivity index (χ2v) is 8.79. The van der Waals surface area contributed by atoms with E-state index in [2.05, 4.69) is 36.5 Å². The maximum atomic E-state index is 14.3. The van der Waals surface area contributed by atoms with E-state index in [9.17, 15) is 9.18 Å². The summed E-state index contributed by atoms with van der Waals surface area (Å²) < 4.78 is 26.4. The van der Waals surface area contributed by atoms with Gasteiger partial charge in [-0.1, -0.05) is 15.9 Å². The summed E-state index contributed by atoms with van der Waals surface area (Å²) in [6.45, 7) is 4.39. The van der Waals surface area contributed by atoms with Crippen molar-refractivity contribution >= 4 is 44.2 Å². The van der Waals surface area contributed by atoms with E-state index in [0.29, 0.717) is 51.4 Å². The lowest BCUT2D eigenvalue weighted by atomic mass is 10.2. The molecule has 0 aliphatic heterocycles. The zero-order chi connectivity index (χ0) is 23.8. The first-order chi connectivity index (χ1) is 15.9. The maximum Gasteiger partial charge on any atom is 0.220 e. The van der Waals surface area contributed by atoms with Crippen LogP contribution in [0.1, 0.15) is 39.5 Å². The van der Waals surface area contributed by atoms with Crippen molar-refractivity contribution in [1.29, 1.82) is 0 Å². The average Bonchev–Trinajstić information content (AvgIpc) is 2.77. The van der Waals surface area contributed by atoms with E-state index in [-0.39, 0.29) is 11.9 Å². The molecule has 0 radical (unpaired) electrons. The van der Waals surface area contributed by atoms with E-state index in [1.807, 2.05) is 13.8 Å². The highest BCUT2D eigenvalue weighted by Crippen LogP contribution is 2.35. The van der Waals surface area contributed by atoms with E-state index < -0.39 is 5.82 Å². The number of aromatic nitrogens is 2. The molecule has 0 spiro atoms. The molecular weight excluding hydrogens is 491 g/mol. The predicted octanol–water partition coefficient (Wildman–Crippen LogP) is 5.75. The Morgan fingerprint density at radius 3 is 2.67 bits per heavy atom. The number of hydrogen-bond acceptors (Lipinski definition) is 6. The number of amides is 1. The molecule has 1 aromatic heterocycles. The normalized spacial score (nSPS) is 11.0. The Balaban J connectivity index is 1.65.